The van der Waals surface area contributed by atoms with Gasteiger partial charge in [0.2, 0.25) is 0 Å². The fourth-order valence-electron chi connectivity index (χ4n) is 1.28. The van der Waals surface area contributed by atoms with Gasteiger partial charge in [0, 0.05) is 19.6 Å². The summed E-state index contributed by atoms with van der Waals surface area (Å²) in [5, 5.41) is 5.57. The second-order valence-electron chi connectivity index (χ2n) is 3.27. The molecule has 1 aliphatic heterocycles. The van der Waals surface area contributed by atoms with Gasteiger partial charge in [-0.25, -0.2) is 4.79 Å². The summed E-state index contributed by atoms with van der Waals surface area (Å²) >= 11 is 0. The quantitative estimate of drug-likeness (QED) is 0.508. The predicted molar refractivity (Wildman–Crippen MR) is 53.8 cm³/mol. The Morgan fingerprint density at radius 1 is 1.64 bits per heavy atom. The lowest BCUT2D eigenvalue weighted by molar-refractivity contribution is 0.188. The third-order valence-electron chi connectivity index (χ3n) is 2.05. The summed E-state index contributed by atoms with van der Waals surface area (Å²) in [6.07, 6.45) is 7.51. The zero-order valence-corrected chi connectivity index (χ0v) is 8.21. The van der Waals surface area contributed by atoms with Crippen LogP contribution in [-0.4, -0.2) is 31.8 Å². The lowest BCUT2D eigenvalue weighted by atomic mass is 10.3. The largest absolute Gasteiger partial charge is 0.379 e. The summed E-state index contributed by atoms with van der Waals surface area (Å²) in [4.78, 5) is 11.2. The van der Waals surface area contributed by atoms with Crippen molar-refractivity contribution in [1.29, 1.82) is 0 Å². The van der Waals surface area contributed by atoms with Crippen molar-refractivity contribution in [3.8, 4) is 12.3 Å². The Morgan fingerprint density at radius 2 is 2.50 bits per heavy atom. The summed E-state index contributed by atoms with van der Waals surface area (Å²) in [5.74, 6) is 2.52. The average molecular weight is 196 g/mol. The Bertz CT molecular complexity index is 217. The van der Waals surface area contributed by atoms with Crippen molar-refractivity contribution in [3.63, 3.8) is 0 Å². The molecule has 1 aliphatic rings. The van der Waals surface area contributed by atoms with Crippen LogP contribution in [0.4, 0.5) is 4.79 Å². The molecule has 0 aromatic carbocycles. The van der Waals surface area contributed by atoms with Gasteiger partial charge in [0.25, 0.3) is 0 Å². The Labute approximate surface area is 84.4 Å². The van der Waals surface area contributed by atoms with Gasteiger partial charge in [-0.3, -0.25) is 0 Å². The maximum atomic E-state index is 11.2. The minimum absolute atomic E-state index is 0.127. The summed E-state index contributed by atoms with van der Waals surface area (Å²) in [7, 11) is 0. The van der Waals surface area contributed by atoms with Crippen LogP contribution in [0.3, 0.4) is 0 Å². The van der Waals surface area contributed by atoms with Gasteiger partial charge in [-0.2, -0.15) is 0 Å². The van der Waals surface area contributed by atoms with Crippen molar-refractivity contribution >= 4 is 6.03 Å². The highest BCUT2D eigenvalue weighted by atomic mass is 16.5. The zero-order valence-electron chi connectivity index (χ0n) is 8.21. The second-order valence-corrected chi connectivity index (χ2v) is 3.27. The Kier molecular flexibility index (Phi) is 4.87. The standard InChI is InChI=1S/C10H16N2O2/c1-2-3-4-6-11-10(13)12-9-5-7-14-8-9/h1,9H,3-8H2,(H2,11,12,13). The SMILES string of the molecule is C#CCCCNC(=O)NC1CCOC1. The molecular weight excluding hydrogens is 180 g/mol. The molecule has 0 radical (unpaired) electrons. The first-order valence-electron chi connectivity index (χ1n) is 4.88. The summed E-state index contributed by atoms with van der Waals surface area (Å²) < 4.78 is 5.13. The van der Waals surface area contributed by atoms with Crippen molar-refractivity contribution in [1.82, 2.24) is 10.6 Å². The minimum Gasteiger partial charge on any atom is -0.379 e. The fourth-order valence-corrected chi connectivity index (χ4v) is 1.28. The second kappa shape index (κ2) is 6.28. The molecule has 14 heavy (non-hydrogen) atoms. The Balaban J connectivity index is 2.01. The number of ether oxygens (including phenoxy) is 1. The zero-order chi connectivity index (χ0) is 10.2. The predicted octanol–water partition coefficient (Wildman–Crippen LogP) is 0.488. The molecule has 1 rings (SSSR count). The van der Waals surface area contributed by atoms with Crippen LogP contribution in [0.15, 0.2) is 0 Å². The van der Waals surface area contributed by atoms with E-state index in [2.05, 4.69) is 16.6 Å². The van der Waals surface area contributed by atoms with Gasteiger partial charge in [0.1, 0.15) is 0 Å². The van der Waals surface area contributed by atoms with Crippen LogP contribution in [-0.2, 0) is 4.74 Å². The lowest BCUT2D eigenvalue weighted by Gasteiger charge is -2.11. The van der Waals surface area contributed by atoms with E-state index in [0.717, 1.165) is 19.4 Å². The molecular formula is C10H16N2O2. The molecule has 1 fully saturated rings. The third kappa shape index (κ3) is 4.15. The number of terminal acetylenes is 1. The molecule has 4 nitrogen and oxygen atoms in total. The number of hydrogen-bond donors (Lipinski definition) is 2. The molecule has 1 unspecified atom stereocenters. The van der Waals surface area contributed by atoms with E-state index in [1.54, 1.807) is 0 Å². The molecule has 0 spiro atoms. The van der Waals surface area contributed by atoms with E-state index in [0.29, 0.717) is 19.6 Å². The molecule has 0 aromatic heterocycles. The smallest absolute Gasteiger partial charge is 0.315 e. The topological polar surface area (TPSA) is 50.4 Å². The molecule has 0 bridgehead atoms. The molecule has 1 saturated heterocycles. The summed E-state index contributed by atoms with van der Waals surface area (Å²) in [6.45, 7) is 1.99. The van der Waals surface area contributed by atoms with Crippen LogP contribution in [0.5, 0.6) is 0 Å². The van der Waals surface area contributed by atoms with Crippen molar-refractivity contribution in [3.05, 3.63) is 0 Å². The number of carbonyl (C=O) groups is 1. The van der Waals surface area contributed by atoms with Gasteiger partial charge in [-0.15, -0.1) is 12.3 Å². The van der Waals surface area contributed by atoms with Crippen LogP contribution in [0.1, 0.15) is 19.3 Å². The number of hydrogen-bond acceptors (Lipinski definition) is 2. The molecule has 1 atom stereocenters. The Morgan fingerprint density at radius 3 is 3.14 bits per heavy atom. The normalized spacial score (nSPS) is 20.1. The number of rotatable bonds is 4. The number of carbonyl (C=O) groups excluding carboxylic acids is 1. The molecule has 0 aliphatic carbocycles. The van der Waals surface area contributed by atoms with E-state index in [9.17, 15) is 4.79 Å². The van der Waals surface area contributed by atoms with E-state index in [1.807, 2.05) is 0 Å². The van der Waals surface area contributed by atoms with E-state index in [4.69, 9.17) is 11.2 Å². The molecule has 2 amide bonds. The van der Waals surface area contributed by atoms with Gasteiger partial charge >= 0.3 is 6.03 Å². The monoisotopic (exact) mass is 196 g/mol. The highest BCUT2D eigenvalue weighted by molar-refractivity contribution is 5.74. The number of unbranched alkanes of at least 4 members (excludes halogenated alkanes) is 1. The van der Waals surface area contributed by atoms with E-state index < -0.39 is 0 Å². The van der Waals surface area contributed by atoms with Gasteiger partial charge in [-0.1, -0.05) is 0 Å². The molecule has 0 saturated carbocycles. The van der Waals surface area contributed by atoms with Crippen LogP contribution >= 0.6 is 0 Å². The molecule has 78 valence electrons. The number of amides is 2. The highest BCUT2D eigenvalue weighted by Crippen LogP contribution is 2.02. The van der Waals surface area contributed by atoms with E-state index in [-0.39, 0.29) is 12.1 Å². The van der Waals surface area contributed by atoms with Crippen LogP contribution in [0.25, 0.3) is 0 Å². The first kappa shape index (κ1) is 10.9. The Hall–Kier alpha value is -1.21. The van der Waals surface area contributed by atoms with Crippen molar-refractivity contribution in [2.45, 2.75) is 25.3 Å². The third-order valence-corrected chi connectivity index (χ3v) is 2.05. The van der Waals surface area contributed by atoms with Crippen LogP contribution < -0.4 is 10.6 Å². The minimum atomic E-state index is -0.127. The first-order chi connectivity index (χ1) is 6.83. The fraction of sp³-hybridized carbons (Fsp3) is 0.700. The average Bonchev–Trinajstić information content (AvgIpc) is 2.65. The lowest BCUT2D eigenvalue weighted by Crippen LogP contribution is -2.42. The summed E-state index contributed by atoms with van der Waals surface area (Å²) in [6, 6.07) is 0.0418. The van der Waals surface area contributed by atoms with Gasteiger partial charge < -0.3 is 15.4 Å². The molecule has 1 heterocycles. The number of urea groups is 1. The van der Waals surface area contributed by atoms with E-state index >= 15 is 0 Å². The molecule has 4 heteroatoms. The van der Waals surface area contributed by atoms with Gasteiger partial charge in [-0.05, 0) is 12.8 Å². The highest BCUT2D eigenvalue weighted by Gasteiger charge is 2.16. The maximum absolute atomic E-state index is 11.2. The molecule has 0 aromatic rings. The number of nitrogens with one attached hydrogen (secondary N) is 2. The summed E-state index contributed by atoms with van der Waals surface area (Å²) in [5.41, 5.74) is 0. The van der Waals surface area contributed by atoms with Crippen molar-refractivity contribution < 1.29 is 9.53 Å². The first-order valence-corrected chi connectivity index (χ1v) is 4.88. The van der Waals surface area contributed by atoms with Crippen LogP contribution in [0.2, 0.25) is 0 Å². The van der Waals surface area contributed by atoms with E-state index in [1.165, 1.54) is 0 Å². The maximum Gasteiger partial charge on any atom is 0.315 e. The van der Waals surface area contributed by atoms with Crippen molar-refractivity contribution in [2.75, 3.05) is 19.8 Å². The van der Waals surface area contributed by atoms with Crippen molar-refractivity contribution in [2.24, 2.45) is 0 Å². The van der Waals surface area contributed by atoms with Gasteiger partial charge in [0.05, 0.1) is 12.6 Å². The van der Waals surface area contributed by atoms with Crippen LogP contribution in [0, 0.1) is 12.3 Å². The molecule has 2 N–H and O–H groups in total. The van der Waals surface area contributed by atoms with Gasteiger partial charge in [0.15, 0.2) is 0 Å².